The van der Waals surface area contributed by atoms with Crippen LogP contribution in [-0.2, 0) is 17.6 Å². The number of benzene rings is 1. The summed E-state index contributed by atoms with van der Waals surface area (Å²) in [6.07, 6.45) is 3.89. The number of carbonyl (C=O) groups is 1. The highest BCUT2D eigenvalue weighted by atomic mass is 32.2. The Morgan fingerprint density at radius 3 is 3.11 bits per heavy atom. The Labute approximate surface area is 114 Å². The summed E-state index contributed by atoms with van der Waals surface area (Å²) >= 11 is 1.93. The van der Waals surface area contributed by atoms with E-state index in [0.29, 0.717) is 6.42 Å². The number of thioether (sulfide) groups is 1. The van der Waals surface area contributed by atoms with E-state index >= 15 is 0 Å². The third kappa shape index (κ3) is 3.52. The van der Waals surface area contributed by atoms with Gasteiger partial charge in [-0.1, -0.05) is 19.1 Å². The molecule has 0 fully saturated rings. The summed E-state index contributed by atoms with van der Waals surface area (Å²) in [6.45, 7) is 4.13. The fourth-order valence-electron chi connectivity index (χ4n) is 2.14. The lowest BCUT2D eigenvalue weighted by atomic mass is 10.0. The molecule has 1 unspecified atom stereocenters. The molecule has 0 radical (unpaired) electrons. The van der Waals surface area contributed by atoms with Crippen molar-refractivity contribution in [2.75, 3.05) is 5.75 Å². The lowest BCUT2D eigenvalue weighted by Crippen LogP contribution is -2.33. The van der Waals surface area contributed by atoms with Crippen LogP contribution < -0.4 is 5.32 Å². The van der Waals surface area contributed by atoms with Gasteiger partial charge in [0.15, 0.2) is 0 Å². The Kier molecular flexibility index (Phi) is 4.70. The maximum atomic E-state index is 11.8. The highest BCUT2D eigenvalue weighted by Gasteiger charge is 2.12. The highest BCUT2D eigenvalue weighted by molar-refractivity contribution is 7.99. The van der Waals surface area contributed by atoms with E-state index < -0.39 is 0 Å². The van der Waals surface area contributed by atoms with Crippen LogP contribution in [0.1, 0.15) is 37.8 Å². The number of carbonyl (C=O) groups excluding carboxylic acids is 1. The molecule has 1 atom stereocenters. The maximum absolute atomic E-state index is 11.8. The molecular formula is C15H21NOS. The topological polar surface area (TPSA) is 29.1 Å². The zero-order chi connectivity index (χ0) is 13.0. The second-order valence-corrected chi connectivity index (χ2v) is 6.08. The zero-order valence-corrected chi connectivity index (χ0v) is 12.0. The number of amides is 1. The van der Waals surface area contributed by atoms with Crippen molar-refractivity contribution < 1.29 is 4.79 Å². The van der Waals surface area contributed by atoms with Crippen molar-refractivity contribution in [1.29, 1.82) is 0 Å². The second-order valence-electron chi connectivity index (χ2n) is 4.95. The number of fused-ring (bicyclic) bond motifs is 1. The Morgan fingerprint density at radius 2 is 2.33 bits per heavy atom. The van der Waals surface area contributed by atoms with Crippen LogP contribution in [0.25, 0.3) is 0 Å². The van der Waals surface area contributed by atoms with Crippen molar-refractivity contribution in [2.45, 2.75) is 50.5 Å². The summed E-state index contributed by atoms with van der Waals surface area (Å²) in [4.78, 5) is 13.2. The van der Waals surface area contributed by atoms with Gasteiger partial charge in [0.25, 0.3) is 0 Å². The summed E-state index contributed by atoms with van der Waals surface area (Å²) in [5.74, 6) is 1.36. The Bertz CT molecular complexity index is 431. The first kappa shape index (κ1) is 13.5. The molecule has 1 amide bonds. The molecule has 3 heteroatoms. The van der Waals surface area contributed by atoms with Crippen LogP contribution in [0.5, 0.6) is 0 Å². The maximum Gasteiger partial charge on any atom is 0.224 e. The van der Waals surface area contributed by atoms with E-state index in [1.165, 1.54) is 22.6 Å². The Morgan fingerprint density at radius 1 is 1.50 bits per heavy atom. The Hall–Kier alpha value is -0.960. The molecule has 2 nitrogen and oxygen atoms in total. The zero-order valence-electron chi connectivity index (χ0n) is 11.2. The molecule has 1 heterocycles. The van der Waals surface area contributed by atoms with Gasteiger partial charge in [-0.3, -0.25) is 4.79 Å². The van der Waals surface area contributed by atoms with Crippen LogP contribution in [0.4, 0.5) is 0 Å². The van der Waals surface area contributed by atoms with Crippen LogP contribution in [-0.4, -0.2) is 17.7 Å². The summed E-state index contributed by atoms with van der Waals surface area (Å²) < 4.78 is 0. The molecule has 0 aliphatic carbocycles. The van der Waals surface area contributed by atoms with E-state index in [4.69, 9.17) is 0 Å². The quantitative estimate of drug-likeness (QED) is 0.904. The first-order valence-electron chi connectivity index (χ1n) is 6.73. The van der Waals surface area contributed by atoms with E-state index in [-0.39, 0.29) is 11.9 Å². The highest BCUT2D eigenvalue weighted by Crippen LogP contribution is 2.30. The second kappa shape index (κ2) is 6.28. The van der Waals surface area contributed by atoms with Crippen LogP contribution in [0.15, 0.2) is 23.1 Å². The number of aryl methyl sites for hydroxylation is 1. The standard InChI is InChI=1S/C15H21NOS/c1-3-11(2)16-15(17)10-12-6-7-14-13(9-12)5-4-8-18-14/h6-7,9,11H,3-5,8,10H2,1-2H3,(H,16,17). The largest absolute Gasteiger partial charge is 0.353 e. The van der Waals surface area contributed by atoms with Crippen molar-refractivity contribution in [3.8, 4) is 0 Å². The van der Waals surface area contributed by atoms with Gasteiger partial charge in [0.05, 0.1) is 6.42 Å². The third-order valence-electron chi connectivity index (χ3n) is 3.36. The summed E-state index contributed by atoms with van der Waals surface area (Å²) in [7, 11) is 0. The fourth-order valence-corrected chi connectivity index (χ4v) is 3.16. The molecule has 0 aromatic heterocycles. The van der Waals surface area contributed by atoms with Crippen molar-refractivity contribution >= 4 is 17.7 Å². The van der Waals surface area contributed by atoms with E-state index in [0.717, 1.165) is 18.4 Å². The number of hydrogen-bond acceptors (Lipinski definition) is 2. The monoisotopic (exact) mass is 263 g/mol. The van der Waals surface area contributed by atoms with Crippen molar-refractivity contribution in [2.24, 2.45) is 0 Å². The molecule has 0 saturated heterocycles. The number of hydrogen-bond donors (Lipinski definition) is 1. The van der Waals surface area contributed by atoms with Crippen LogP contribution in [0.3, 0.4) is 0 Å². The van der Waals surface area contributed by atoms with Gasteiger partial charge >= 0.3 is 0 Å². The van der Waals surface area contributed by atoms with E-state index in [9.17, 15) is 4.79 Å². The number of rotatable bonds is 4. The van der Waals surface area contributed by atoms with E-state index in [2.05, 4.69) is 30.4 Å². The molecule has 0 bridgehead atoms. The Balaban J connectivity index is 1.99. The van der Waals surface area contributed by atoms with Crippen LogP contribution >= 0.6 is 11.8 Å². The molecule has 18 heavy (non-hydrogen) atoms. The van der Waals surface area contributed by atoms with Gasteiger partial charge in [-0.15, -0.1) is 11.8 Å². The SMILES string of the molecule is CCC(C)NC(=O)Cc1ccc2c(c1)CCCS2. The lowest BCUT2D eigenvalue weighted by Gasteiger charge is -2.16. The molecule has 1 aliphatic rings. The molecule has 0 saturated carbocycles. The van der Waals surface area contributed by atoms with Gasteiger partial charge in [-0.05, 0) is 49.1 Å². The lowest BCUT2D eigenvalue weighted by molar-refractivity contribution is -0.121. The fraction of sp³-hybridized carbons (Fsp3) is 0.533. The molecule has 1 N–H and O–H groups in total. The molecule has 1 aliphatic heterocycles. The minimum atomic E-state index is 0.132. The minimum Gasteiger partial charge on any atom is -0.353 e. The first-order valence-corrected chi connectivity index (χ1v) is 7.71. The van der Waals surface area contributed by atoms with Crippen LogP contribution in [0.2, 0.25) is 0 Å². The molecule has 1 aromatic carbocycles. The van der Waals surface area contributed by atoms with E-state index in [1.807, 2.05) is 18.7 Å². The normalized spacial score (nSPS) is 15.9. The summed E-state index contributed by atoms with van der Waals surface area (Å²) in [5.41, 5.74) is 2.55. The van der Waals surface area contributed by atoms with Crippen molar-refractivity contribution in [3.05, 3.63) is 29.3 Å². The smallest absolute Gasteiger partial charge is 0.224 e. The first-order chi connectivity index (χ1) is 8.69. The van der Waals surface area contributed by atoms with Gasteiger partial charge in [0, 0.05) is 10.9 Å². The molecule has 2 rings (SSSR count). The summed E-state index contributed by atoms with van der Waals surface area (Å²) in [6, 6.07) is 6.74. The van der Waals surface area contributed by atoms with Crippen LogP contribution in [0, 0.1) is 0 Å². The average Bonchev–Trinajstić information content (AvgIpc) is 2.38. The van der Waals surface area contributed by atoms with Crippen molar-refractivity contribution in [1.82, 2.24) is 5.32 Å². The molecule has 0 spiro atoms. The average molecular weight is 263 g/mol. The predicted octanol–water partition coefficient (Wildman–Crippen LogP) is 3.18. The molecule has 1 aromatic rings. The van der Waals surface area contributed by atoms with E-state index in [1.54, 1.807) is 0 Å². The third-order valence-corrected chi connectivity index (χ3v) is 4.56. The number of nitrogens with one attached hydrogen (secondary N) is 1. The molecule has 98 valence electrons. The van der Waals surface area contributed by atoms with Crippen molar-refractivity contribution in [3.63, 3.8) is 0 Å². The van der Waals surface area contributed by atoms with Gasteiger partial charge in [-0.25, -0.2) is 0 Å². The predicted molar refractivity (Wildman–Crippen MR) is 77.1 cm³/mol. The van der Waals surface area contributed by atoms with Gasteiger partial charge in [0.2, 0.25) is 5.91 Å². The van der Waals surface area contributed by atoms with Gasteiger partial charge < -0.3 is 5.32 Å². The summed E-state index contributed by atoms with van der Waals surface area (Å²) in [5, 5.41) is 3.01. The molecular weight excluding hydrogens is 242 g/mol. The van der Waals surface area contributed by atoms with Gasteiger partial charge in [-0.2, -0.15) is 0 Å². The van der Waals surface area contributed by atoms with Gasteiger partial charge in [0.1, 0.15) is 0 Å². The minimum absolute atomic E-state index is 0.132.